The Morgan fingerprint density at radius 1 is 0.297 bits per heavy atom. The van der Waals surface area contributed by atoms with E-state index in [1.807, 2.05) is 0 Å². The van der Waals surface area contributed by atoms with Gasteiger partial charge in [-0.05, 0) is 0 Å². The zero-order valence-corrected chi connectivity index (χ0v) is 47.3. The van der Waals surface area contributed by atoms with Crippen LogP contribution in [0.1, 0.15) is 77.2 Å². The van der Waals surface area contributed by atoms with Gasteiger partial charge in [-0.2, -0.15) is 0 Å². The molecule has 506 valence electrons. The van der Waals surface area contributed by atoms with Crippen LogP contribution < -0.4 is 0 Å². The molecule has 5 aromatic rings. The minimum atomic E-state index is -1.88. The Kier molecular flexibility index (Phi) is 20.5. The van der Waals surface area contributed by atoms with E-state index in [-0.39, 0.29) is 28.5 Å². The van der Waals surface area contributed by atoms with E-state index in [1.54, 1.807) is 0 Å². The summed E-state index contributed by atoms with van der Waals surface area (Å²) in [5.74, 6) is 0. The molecule has 43 heteroatoms. The molecule has 0 aromatic carbocycles. The smallest absolute Gasteiger partial charge is 0.187 e. The summed E-state index contributed by atoms with van der Waals surface area (Å²) in [4.78, 5) is 0. The Hall–Kier alpha value is -5.42. The van der Waals surface area contributed by atoms with E-state index in [4.69, 9.17) is 37.9 Å². The van der Waals surface area contributed by atoms with Crippen molar-refractivity contribution in [3.05, 3.63) is 59.5 Å². The average molecular weight is 1310 g/mol. The van der Waals surface area contributed by atoms with Gasteiger partial charge in [-0.1, -0.05) is 26.1 Å². The summed E-state index contributed by atoms with van der Waals surface area (Å²) in [6.07, 6.45) is -35.5. The largest absolute Gasteiger partial charge is 0.394 e. The zero-order valence-electron chi connectivity index (χ0n) is 47.3. The first kappa shape index (κ1) is 67.0. The first-order chi connectivity index (χ1) is 43.6. The maximum atomic E-state index is 11.6. The average Bonchev–Trinajstić information content (AvgIpc) is 1.71. The summed E-state index contributed by atoms with van der Waals surface area (Å²) >= 11 is 0. The van der Waals surface area contributed by atoms with Gasteiger partial charge in [-0.15, -0.1) is 25.5 Å². The molecule has 11 heterocycles. The molecule has 20 N–H and O–H groups in total. The monoisotopic (exact) mass is 1310 g/mol. The molecule has 0 aliphatic carbocycles. The molecule has 11 rings (SSSR count). The van der Waals surface area contributed by atoms with Crippen LogP contribution in [0.3, 0.4) is 0 Å². The van der Waals surface area contributed by atoms with Gasteiger partial charge in [-0.3, -0.25) is 0 Å². The maximum Gasteiger partial charge on any atom is 0.187 e. The van der Waals surface area contributed by atoms with Crippen LogP contribution in [0.25, 0.3) is 0 Å². The molecule has 0 saturated carbocycles. The van der Waals surface area contributed by atoms with E-state index in [1.165, 1.54) is 24.8 Å². The van der Waals surface area contributed by atoms with Crippen LogP contribution in [0.4, 0.5) is 0 Å². The van der Waals surface area contributed by atoms with Crippen LogP contribution in [0.2, 0.25) is 0 Å². The first-order valence-electron chi connectivity index (χ1n) is 28.6. The van der Waals surface area contributed by atoms with Gasteiger partial charge in [0.05, 0.1) is 83.8 Å². The molecule has 0 unspecified atom stereocenters. The third kappa shape index (κ3) is 12.6. The highest BCUT2D eigenvalue weighted by molar-refractivity contribution is 5.14. The summed E-state index contributed by atoms with van der Waals surface area (Å²) in [7, 11) is 0. The molecule has 5 aromatic heterocycles. The fraction of sp³-hybridized carbons (Fsp3) is 0.792. The summed E-state index contributed by atoms with van der Waals surface area (Å²) < 4.78 is 50.9. The minimum Gasteiger partial charge on any atom is -0.394 e. The molecule has 30 atom stereocenters. The number of hydrogen-bond acceptors (Lipinski definition) is 38. The van der Waals surface area contributed by atoms with Gasteiger partial charge >= 0.3 is 0 Å². The van der Waals surface area contributed by atoms with E-state index >= 15 is 0 Å². The molecule has 43 nitrogen and oxygen atoms in total. The fourth-order valence-corrected chi connectivity index (χ4v) is 12.1. The third-order valence-electron chi connectivity index (χ3n) is 17.1. The van der Waals surface area contributed by atoms with E-state index in [2.05, 4.69) is 51.6 Å². The lowest BCUT2D eigenvalue weighted by molar-refractivity contribution is -0.304. The highest BCUT2D eigenvalue weighted by Crippen LogP contribution is 2.43. The maximum absolute atomic E-state index is 11.6. The van der Waals surface area contributed by atoms with Crippen molar-refractivity contribution in [1.82, 2.24) is 75.0 Å². The molecule has 0 spiro atoms. The standard InChI is InChI=1S/C48H71N15O28/c64-6-19-25(59-1-14(49-54-59)12-84-47-41(82)35(76)29(70)23(10-68)90-47)31(72)37(78)43(86-19)16-3-61(56-51-16)27-21(8-66)88-45(39(80)33(27)74)18-5-63(58-53-18)46-40(81)34(75)28(22(9-67)89-46)62-4-17(52-57-62)44-38(79)32(73)26(20(7-65)87-44)60-2-15(50-55-60)13-85-48-42(83)36(77)30(71)24(11-69)91-48/h1-5,19-48,64-83H,6-13H2/t19-,20-,21-,22-,23-,24-,25-,26-,27-,28-,29+,30+,31+,32+,33+,34+,35+,36+,37-,38-,39-,40-,41-,42-,43+,44+,45+,46-,47-,48-/m1/s1. The number of rotatable bonds is 20. The number of aliphatic hydroxyl groups is 20. The van der Waals surface area contributed by atoms with Crippen LogP contribution in [-0.4, -0.2) is 351 Å². The summed E-state index contributed by atoms with van der Waals surface area (Å²) in [6.45, 7) is -5.32. The SMILES string of the molecule is OC[C@H]1O[C@@H](OCc2cn([C@H]3[C@H](O)[C@@H](O)[C@H](c4cn([C@H]5[C@H](O)[C@@H](O)[C@H](n6cc([C@@H]7O[C@H](CO)[C@@H](n8cc([C@@H]9O[C@H](CO)[C@@H](n%10cc(CO[C@@H]%11O[C@H](CO)[C@H](O)[C@H](O)[C@H]%11O)nn%10)[C@H](O)[C@H]9O)nn8)[C@H](O)[C@H]7O)nn6)O[C@@H]5CO)nn4)O[C@@H]3CO)nn2)[C@H](O)[C@@H](O)[C@H]1O. The number of aliphatic hydroxyl groups excluding tert-OH is 20. The zero-order chi connectivity index (χ0) is 65.0. The molecule has 6 aliphatic rings. The molecule has 91 heavy (non-hydrogen) atoms. The number of hydrogen-bond donors (Lipinski definition) is 20. The number of aromatic nitrogens is 15. The van der Waals surface area contributed by atoms with Crippen molar-refractivity contribution >= 4 is 0 Å². The molecular weight excluding hydrogens is 1230 g/mol. The van der Waals surface area contributed by atoms with Gasteiger partial charge < -0.3 is 140 Å². The van der Waals surface area contributed by atoms with Crippen molar-refractivity contribution in [3.63, 3.8) is 0 Å². The van der Waals surface area contributed by atoms with Crippen LogP contribution in [0, 0.1) is 0 Å². The summed E-state index contributed by atoms with van der Waals surface area (Å²) in [6, 6.07) is -5.37. The second-order valence-electron chi connectivity index (χ2n) is 22.7. The minimum absolute atomic E-state index is 0.0791. The van der Waals surface area contributed by atoms with Gasteiger partial charge in [0.25, 0.3) is 0 Å². The second kappa shape index (κ2) is 27.9. The second-order valence-corrected chi connectivity index (χ2v) is 22.7. The van der Waals surface area contributed by atoms with Crippen LogP contribution in [-0.2, 0) is 51.1 Å². The molecular formula is C48H71N15O28. The molecule has 6 saturated heterocycles. The van der Waals surface area contributed by atoms with Crippen LogP contribution in [0.5, 0.6) is 0 Å². The van der Waals surface area contributed by atoms with Crippen molar-refractivity contribution in [3.8, 4) is 0 Å². The van der Waals surface area contributed by atoms with Gasteiger partial charge in [0.1, 0.15) is 193 Å². The van der Waals surface area contributed by atoms with Crippen molar-refractivity contribution in [2.45, 2.75) is 197 Å². The Balaban J connectivity index is 0.705. The van der Waals surface area contributed by atoms with E-state index in [0.29, 0.717) is 0 Å². The Bertz CT molecular complexity index is 2940. The Morgan fingerprint density at radius 3 is 0.945 bits per heavy atom. The van der Waals surface area contributed by atoms with Gasteiger partial charge in [0, 0.05) is 0 Å². The molecule has 6 aliphatic heterocycles. The van der Waals surface area contributed by atoms with E-state index < -0.39 is 236 Å². The molecule has 6 fully saturated rings. The van der Waals surface area contributed by atoms with E-state index in [0.717, 1.165) is 29.6 Å². The lowest BCUT2D eigenvalue weighted by atomic mass is 9.91. The van der Waals surface area contributed by atoms with Crippen molar-refractivity contribution < 1.29 is 140 Å². The lowest BCUT2D eigenvalue weighted by Crippen LogP contribution is -2.59. The normalized spacial score (nSPS) is 42.5. The summed E-state index contributed by atoms with van der Waals surface area (Å²) in [5, 5.41) is 254. The topological polar surface area (TPSA) is 632 Å². The Labute approximate surface area is 509 Å². The van der Waals surface area contributed by atoms with Crippen molar-refractivity contribution in [1.29, 1.82) is 0 Å². The Morgan fingerprint density at radius 2 is 0.593 bits per heavy atom. The quantitative estimate of drug-likeness (QED) is 0.0344. The van der Waals surface area contributed by atoms with Crippen LogP contribution >= 0.6 is 0 Å². The predicted molar refractivity (Wildman–Crippen MR) is 277 cm³/mol. The lowest BCUT2D eigenvalue weighted by Gasteiger charge is -2.42. The molecule has 0 radical (unpaired) electrons. The predicted octanol–water partition coefficient (Wildman–Crippen LogP) is -13.7. The van der Waals surface area contributed by atoms with Gasteiger partial charge in [0.15, 0.2) is 18.8 Å². The van der Waals surface area contributed by atoms with Gasteiger partial charge in [0.2, 0.25) is 0 Å². The van der Waals surface area contributed by atoms with Crippen molar-refractivity contribution in [2.24, 2.45) is 0 Å². The van der Waals surface area contributed by atoms with E-state index in [9.17, 15) is 102 Å². The fourth-order valence-electron chi connectivity index (χ4n) is 12.1. The summed E-state index contributed by atoms with van der Waals surface area (Å²) in [5.41, 5.74) is -0.317. The molecule has 0 bridgehead atoms. The number of nitrogens with zero attached hydrogens (tertiary/aromatic N) is 15. The van der Waals surface area contributed by atoms with Crippen LogP contribution in [0.15, 0.2) is 31.0 Å². The third-order valence-corrected chi connectivity index (χ3v) is 17.1. The highest BCUT2D eigenvalue weighted by atomic mass is 16.7. The molecule has 0 amide bonds. The van der Waals surface area contributed by atoms with Crippen molar-refractivity contribution in [2.75, 3.05) is 39.6 Å². The highest BCUT2D eigenvalue weighted by Gasteiger charge is 2.54. The number of ether oxygens (including phenoxy) is 8. The van der Waals surface area contributed by atoms with Gasteiger partial charge in [-0.25, -0.2) is 23.4 Å². The first-order valence-corrected chi connectivity index (χ1v) is 28.6.